The molecule has 2 aromatic heterocycles. The van der Waals surface area contributed by atoms with Crippen LogP contribution in [-0.4, -0.2) is 39.8 Å². The van der Waals surface area contributed by atoms with Crippen LogP contribution in [0.4, 0.5) is 5.69 Å². The van der Waals surface area contributed by atoms with E-state index in [1.54, 1.807) is 20.9 Å². The van der Waals surface area contributed by atoms with Gasteiger partial charge in [-0.15, -0.1) is 11.3 Å². The van der Waals surface area contributed by atoms with Crippen molar-refractivity contribution in [3.8, 4) is 16.3 Å². The molecule has 0 spiro atoms. The maximum atomic E-state index is 13.9. The lowest BCUT2D eigenvalue weighted by Gasteiger charge is -2.43. The van der Waals surface area contributed by atoms with Crippen LogP contribution in [0.25, 0.3) is 10.6 Å². The third-order valence-electron chi connectivity index (χ3n) is 7.01. The first kappa shape index (κ1) is 23.6. The summed E-state index contributed by atoms with van der Waals surface area (Å²) in [5.74, 6) is 0.370. The number of rotatable bonds is 6. The number of aromatic nitrogens is 2. The van der Waals surface area contributed by atoms with Gasteiger partial charge in [0.1, 0.15) is 22.7 Å². The molecule has 2 aliphatic rings. The smallest absolute Gasteiger partial charge is 0.277 e. The zero-order valence-corrected chi connectivity index (χ0v) is 21.1. The van der Waals surface area contributed by atoms with Crippen molar-refractivity contribution >= 4 is 28.8 Å². The van der Waals surface area contributed by atoms with E-state index in [0.29, 0.717) is 18.0 Å². The molecule has 1 fully saturated rings. The lowest BCUT2D eigenvalue weighted by molar-refractivity contribution is -0.127. The number of benzene rings is 1. The fourth-order valence-corrected chi connectivity index (χ4v) is 5.83. The molecule has 5 rings (SSSR count). The average molecular weight is 493 g/mol. The Morgan fingerprint density at radius 1 is 1.17 bits per heavy atom. The molecule has 3 aromatic rings. The molecule has 1 aliphatic heterocycles. The molecule has 1 saturated carbocycles. The van der Waals surface area contributed by atoms with Crippen LogP contribution in [0.5, 0.6) is 5.75 Å². The van der Waals surface area contributed by atoms with Crippen LogP contribution in [0.3, 0.4) is 0 Å². The first-order valence-corrected chi connectivity index (χ1v) is 13.4. The van der Waals surface area contributed by atoms with Gasteiger partial charge in [-0.3, -0.25) is 19.2 Å². The Hall–Kier alpha value is -3.13. The monoisotopic (exact) mass is 492 g/mol. The van der Waals surface area contributed by atoms with E-state index in [-0.39, 0.29) is 24.4 Å². The molecule has 8 heteroatoms. The van der Waals surface area contributed by atoms with E-state index in [2.05, 4.69) is 5.32 Å². The van der Waals surface area contributed by atoms with E-state index >= 15 is 0 Å². The summed E-state index contributed by atoms with van der Waals surface area (Å²) >= 11 is 1.58. The number of carbonyl (C=O) groups excluding carboxylic acids is 2. The van der Waals surface area contributed by atoms with Gasteiger partial charge in [-0.2, -0.15) is 5.10 Å². The summed E-state index contributed by atoms with van der Waals surface area (Å²) in [4.78, 5) is 30.5. The first-order chi connectivity index (χ1) is 17.0. The highest BCUT2D eigenvalue weighted by molar-refractivity contribution is 7.13. The highest BCUT2D eigenvalue weighted by atomic mass is 32.1. The molecule has 7 nitrogen and oxygen atoms in total. The van der Waals surface area contributed by atoms with Gasteiger partial charge in [-0.1, -0.05) is 31.7 Å². The Kier molecular flexibility index (Phi) is 6.65. The Bertz CT molecular complexity index is 1180. The highest BCUT2D eigenvalue weighted by Gasteiger charge is 2.49. The number of carbonyl (C=O) groups is 2. The SMILES string of the molecule is CCOc1ccc(N2C(=O)c3cc(-c4cccs4)nn3CC2(C)C(=O)NC2CCCCCC2)cc1. The summed E-state index contributed by atoms with van der Waals surface area (Å²) in [7, 11) is 0. The molecule has 1 atom stereocenters. The van der Waals surface area contributed by atoms with Crippen LogP contribution in [0, 0.1) is 0 Å². The third kappa shape index (κ3) is 4.59. The van der Waals surface area contributed by atoms with Crippen molar-refractivity contribution in [2.24, 2.45) is 0 Å². The minimum atomic E-state index is -1.12. The molecule has 2 amide bonds. The first-order valence-electron chi connectivity index (χ1n) is 12.5. The van der Waals surface area contributed by atoms with Gasteiger partial charge in [0.2, 0.25) is 5.91 Å². The molecular formula is C27H32N4O3S. The van der Waals surface area contributed by atoms with E-state index < -0.39 is 5.54 Å². The van der Waals surface area contributed by atoms with Crippen molar-refractivity contribution in [2.75, 3.05) is 11.5 Å². The van der Waals surface area contributed by atoms with Gasteiger partial charge in [-0.25, -0.2) is 0 Å². The zero-order chi connectivity index (χ0) is 24.4. The van der Waals surface area contributed by atoms with Crippen LogP contribution >= 0.6 is 11.3 Å². The largest absolute Gasteiger partial charge is 0.494 e. The van der Waals surface area contributed by atoms with Crippen molar-refractivity contribution in [3.63, 3.8) is 0 Å². The summed E-state index contributed by atoms with van der Waals surface area (Å²) in [6.45, 7) is 4.63. The zero-order valence-electron chi connectivity index (χ0n) is 20.3. The quantitative estimate of drug-likeness (QED) is 0.476. The van der Waals surface area contributed by atoms with Gasteiger partial charge >= 0.3 is 0 Å². The van der Waals surface area contributed by atoms with E-state index in [0.717, 1.165) is 42.0 Å². The number of hydrogen-bond donors (Lipinski definition) is 1. The summed E-state index contributed by atoms with van der Waals surface area (Å²) in [6, 6.07) is 13.3. The number of hydrogen-bond acceptors (Lipinski definition) is 5. The topological polar surface area (TPSA) is 76.5 Å². The Morgan fingerprint density at radius 3 is 2.57 bits per heavy atom. The normalized spacial score (nSPS) is 20.9. The van der Waals surface area contributed by atoms with E-state index in [4.69, 9.17) is 9.84 Å². The Balaban J connectivity index is 1.52. The summed E-state index contributed by atoms with van der Waals surface area (Å²) in [5.41, 5.74) is 0.787. The fraction of sp³-hybridized carbons (Fsp3) is 0.444. The van der Waals surface area contributed by atoms with Gasteiger partial charge in [0, 0.05) is 11.7 Å². The summed E-state index contributed by atoms with van der Waals surface area (Å²) < 4.78 is 7.30. The molecule has 184 valence electrons. The minimum Gasteiger partial charge on any atom is -0.494 e. The molecule has 3 heterocycles. The van der Waals surface area contributed by atoms with Crippen LogP contribution in [0.1, 0.15) is 62.9 Å². The number of ether oxygens (including phenoxy) is 1. The summed E-state index contributed by atoms with van der Waals surface area (Å²) in [6.07, 6.45) is 6.63. The van der Waals surface area contributed by atoms with Crippen LogP contribution < -0.4 is 15.0 Å². The lowest BCUT2D eigenvalue weighted by atomic mass is 9.93. The number of nitrogens with zero attached hydrogens (tertiary/aromatic N) is 3. The van der Waals surface area contributed by atoms with Crippen LogP contribution in [0.2, 0.25) is 0 Å². The van der Waals surface area contributed by atoms with E-state index in [9.17, 15) is 9.59 Å². The van der Waals surface area contributed by atoms with Gasteiger partial charge in [0.25, 0.3) is 5.91 Å². The van der Waals surface area contributed by atoms with Crippen molar-refractivity contribution in [2.45, 2.75) is 70.5 Å². The van der Waals surface area contributed by atoms with Crippen LogP contribution in [0.15, 0.2) is 47.8 Å². The van der Waals surface area contributed by atoms with Crippen molar-refractivity contribution in [3.05, 3.63) is 53.5 Å². The predicted molar refractivity (Wildman–Crippen MR) is 138 cm³/mol. The molecule has 1 aromatic carbocycles. The highest BCUT2D eigenvalue weighted by Crippen LogP contribution is 2.36. The molecule has 1 N–H and O–H groups in total. The van der Waals surface area contributed by atoms with Crippen LogP contribution in [-0.2, 0) is 11.3 Å². The molecule has 35 heavy (non-hydrogen) atoms. The second-order valence-electron chi connectivity index (χ2n) is 9.55. The maximum absolute atomic E-state index is 13.9. The number of amides is 2. The molecule has 0 saturated heterocycles. The standard InChI is InChI=1S/C27H32N4O3S/c1-3-34-21-14-12-20(13-15-21)31-25(32)23-17-22(24-11-8-16-35-24)29-30(23)18-27(31,2)26(33)28-19-9-6-4-5-7-10-19/h8,11-17,19H,3-7,9-10,18H2,1-2H3,(H,28,33). The predicted octanol–water partition coefficient (Wildman–Crippen LogP) is 5.27. The number of fused-ring (bicyclic) bond motifs is 1. The van der Waals surface area contributed by atoms with E-state index in [1.165, 1.54) is 12.8 Å². The molecule has 1 aliphatic carbocycles. The third-order valence-corrected chi connectivity index (χ3v) is 7.90. The molecular weight excluding hydrogens is 460 g/mol. The fourth-order valence-electron chi connectivity index (χ4n) is 5.15. The van der Waals surface area contributed by atoms with Crippen molar-refractivity contribution in [1.82, 2.24) is 15.1 Å². The molecule has 0 bridgehead atoms. The van der Waals surface area contributed by atoms with Gasteiger partial charge in [0.05, 0.1) is 18.0 Å². The maximum Gasteiger partial charge on any atom is 0.277 e. The molecule has 1 unspecified atom stereocenters. The van der Waals surface area contributed by atoms with Crippen molar-refractivity contribution in [1.29, 1.82) is 0 Å². The number of nitrogens with one attached hydrogen (secondary N) is 1. The Morgan fingerprint density at radius 2 is 1.91 bits per heavy atom. The van der Waals surface area contributed by atoms with Crippen molar-refractivity contribution < 1.29 is 14.3 Å². The van der Waals surface area contributed by atoms with Gasteiger partial charge in [-0.05, 0) is 68.5 Å². The van der Waals surface area contributed by atoms with E-state index in [1.807, 2.05) is 61.7 Å². The molecule has 0 radical (unpaired) electrons. The number of thiophene rings is 1. The second kappa shape index (κ2) is 9.85. The number of anilines is 1. The van der Waals surface area contributed by atoms with Gasteiger partial charge in [0.15, 0.2) is 0 Å². The Labute approximate surface area is 210 Å². The summed E-state index contributed by atoms with van der Waals surface area (Å²) in [5, 5.41) is 10.0. The second-order valence-corrected chi connectivity index (χ2v) is 10.5. The average Bonchev–Trinajstić information content (AvgIpc) is 3.46. The van der Waals surface area contributed by atoms with Gasteiger partial charge < -0.3 is 10.1 Å². The minimum absolute atomic E-state index is 0.134. The lowest BCUT2D eigenvalue weighted by Crippen LogP contribution is -2.65.